The summed E-state index contributed by atoms with van der Waals surface area (Å²) in [4.78, 5) is 26.3. The summed E-state index contributed by atoms with van der Waals surface area (Å²) in [5.41, 5.74) is 1.28. The first-order chi connectivity index (χ1) is 13.5. The molecule has 6 nitrogen and oxygen atoms in total. The van der Waals surface area contributed by atoms with Gasteiger partial charge in [-0.25, -0.2) is 14.4 Å². The number of carbonyl (C=O) groups is 1. The highest BCUT2D eigenvalue weighted by atomic mass is 32.1. The lowest BCUT2D eigenvalue weighted by Gasteiger charge is -2.38. The predicted molar refractivity (Wildman–Crippen MR) is 109 cm³/mol. The van der Waals surface area contributed by atoms with Gasteiger partial charge in [0.2, 0.25) is 0 Å². The fourth-order valence-electron chi connectivity index (χ4n) is 3.97. The summed E-state index contributed by atoms with van der Waals surface area (Å²) in [6, 6.07) is 0.158. The fourth-order valence-corrected chi connectivity index (χ4v) is 4.74. The molecule has 0 radical (unpaired) electrons. The minimum Gasteiger partial charge on any atom is -0.376 e. The molecule has 1 N–H and O–H groups in total. The van der Waals surface area contributed by atoms with Gasteiger partial charge in [0.1, 0.15) is 0 Å². The summed E-state index contributed by atoms with van der Waals surface area (Å²) >= 11 is 1.47. The Hall–Kier alpha value is -2.48. The molecule has 2 aliphatic heterocycles. The molecule has 4 heterocycles. The molecule has 2 aromatic rings. The van der Waals surface area contributed by atoms with Crippen LogP contribution in [0.2, 0.25) is 0 Å². The molecule has 4 rings (SSSR count). The molecule has 0 spiro atoms. The van der Waals surface area contributed by atoms with Crippen molar-refractivity contribution < 1.29 is 9.18 Å². The van der Waals surface area contributed by atoms with E-state index in [2.05, 4.69) is 26.4 Å². The molecule has 8 heteroatoms. The Bertz CT molecular complexity index is 941. The second-order valence-corrected chi connectivity index (χ2v) is 8.50. The van der Waals surface area contributed by atoms with E-state index in [1.807, 2.05) is 31.9 Å². The largest absolute Gasteiger partial charge is 0.376 e. The second-order valence-electron chi connectivity index (χ2n) is 7.26. The SMILES string of the molecule is CC=CN1CCCC(N(C)c2nc(-c3cnc(C)s3)c3c(c2F)CNC3=O)C1. The standard InChI is InChI=1S/C20H24FN5OS/c1-4-7-26-8-5-6-13(11-26)25(3)19-17(21)14-9-23-20(27)16(14)18(24-19)15-10-22-12(2)28-15/h4,7,10,13H,5-6,8-9,11H2,1-3H3,(H,23,27). The molecule has 2 aromatic heterocycles. The number of likely N-dealkylation sites (N-methyl/N-ethyl adjacent to an activating group) is 1. The fraction of sp³-hybridized carbons (Fsp3) is 0.450. The van der Waals surface area contributed by atoms with E-state index >= 15 is 4.39 Å². The van der Waals surface area contributed by atoms with Crippen LogP contribution in [0.1, 0.15) is 40.7 Å². The molecular formula is C20H24FN5OS. The molecule has 0 bridgehead atoms. The molecule has 1 amide bonds. The Morgan fingerprint density at radius 3 is 3.00 bits per heavy atom. The highest BCUT2D eigenvalue weighted by Gasteiger charge is 2.33. The first-order valence-electron chi connectivity index (χ1n) is 9.52. The highest BCUT2D eigenvalue weighted by molar-refractivity contribution is 7.15. The van der Waals surface area contributed by atoms with Crippen LogP contribution in [-0.2, 0) is 6.54 Å². The molecule has 148 valence electrons. The molecule has 0 saturated carbocycles. The lowest BCUT2D eigenvalue weighted by Crippen LogP contribution is -2.45. The molecule has 28 heavy (non-hydrogen) atoms. The van der Waals surface area contributed by atoms with Crippen LogP contribution in [0.25, 0.3) is 10.6 Å². The molecule has 2 aliphatic rings. The normalized spacial score (nSPS) is 19.2. The summed E-state index contributed by atoms with van der Waals surface area (Å²) in [5.74, 6) is -0.360. The number of amides is 1. The van der Waals surface area contributed by atoms with Gasteiger partial charge in [0, 0.05) is 44.5 Å². The summed E-state index contributed by atoms with van der Waals surface area (Å²) in [6.07, 6.45) is 7.85. The molecule has 0 aliphatic carbocycles. The molecule has 1 unspecified atom stereocenters. The Kier molecular flexibility index (Phi) is 5.05. The third kappa shape index (κ3) is 3.26. The predicted octanol–water partition coefficient (Wildman–Crippen LogP) is 3.33. The van der Waals surface area contributed by atoms with Crippen molar-refractivity contribution in [1.29, 1.82) is 0 Å². The zero-order chi connectivity index (χ0) is 19.8. The monoisotopic (exact) mass is 401 g/mol. The number of pyridine rings is 1. The van der Waals surface area contributed by atoms with Crippen molar-refractivity contribution in [2.45, 2.75) is 39.3 Å². The van der Waals surface area contributed by atoms with Crippen molar-refractivity contribution in [2.24, 2.45) is 0 Å². The first kappa shape index (κ1) is 18.9. The summed E-state index contributed by atoms with van der Waals surface area (Å²) in [5, 5.41) is 3.63. The molecule has 0 aromatic carbocycles. The van der Waals surface area contributed by atoms with Crippen LogP contribution >= 0.6 is 11.3 Å². The van der Waals surface area contributed by atoms with Crippen molar-refractivity contribution >= 4 is 23.1 Å². The average Bonchev–Trinajstić information content (AvgIpc) is 3.29. The van der Waals surface area contributed by atoms with Gasteiger partial charge in [0.05, 0.1) is 21.1 Å². The van der Waals surface area contributed by atoms with Gasteiger partial charge >= 0.3 is 0 Å². The number of allylic oxidation sites excluding steroid dienone is 1. The quantitative estimate of drug-likeness (QED) is 0.852. The van der Waals surface area contributed by atoms with E-state index in [1.165, 1.54) is 11.3 Å². The van der Waals surface area contributed by atoms with Gasteiger partial charge in [0.25, 0.3) is 5.91 Å². The van der Waals surface area contributed by atoms with Crippen LogP contribution in [0.5, 0.6) is 0 Å². The minimum atomic E-state index is -0.399. The van der Waals surface area contributed by atoms with Crippen molar-refractivity contribution in [3.63, 3.8) is 0 Å². The Morgan fingerprint density at radius 2 is 2.29 bits per heavy atom. The number of rotatable bonds is 4. The van der Waals surface area contributed by atoms with Gasteiger partial charge in [-0.15, -0.1) is 11.3 Å². The van der Waals surface area contributed by atoms with Gasteiger partial charge in [-0.2, -0.15) is 0 Å². The van der Waals surface area contributed by atoms with Crippen LogP contribution in [-0.4, -0.2) is 47.0 Å². The van der Waals surface area contributed by atoms with E-state index < -0.39 is 5.82 Å². The van der Waals surface area contributed by atoms with Crippen molar-refractivity contribution in [3.05, 3.63) is 40.4 Å². The third-order valence-corrected chi connectivity index (χ3v) is 6.31. The van der Waals surface area contributed by atoms with Gasteiger partial charge in [0.15, 0.2) is 11.6 Å². The van der Waals surface area contributed by atoms with E-state index in [0.29, 0.717) is 22.6 Å². The second kappa shape index (κ2) is 7.50. The zero-order valence-electron chi connectivity index (χ0n) is 16.3. The molecular weight excluding hydrogens is 377 g/mol. The topological polar surface area (TPSA) is 61.4 Å². The van der Waals surface area contributed by atoms with Crippen LogP contribution < -0.4 is 10.2 Å². The van der Waals surface area contributed by atoms with Gasteiger partial charge < -0.3 is 15.1 Å². The number of likely N-dealkylation sites (tertiary alicyclic amines) is 1. The molecule has 1 atom stereocenters. The number of aryl methyl sites for hydroxylation is 1. The summed E-state index contributed by atoms with van der Waals surface area (Å²) in [6.45, 7) is 5.94. The summed E-state index contributed by atoms with van der Waals surface area (Å²) in [7, 11) is 1.90. The third-order valence-electron chi connectivity index (χ3n) is 5.39. The summed E-state index contributed by atoms with van der Waals surface area (Å²) < 4.78 is 15.4. The van der Waals surface area contributed by atoms with Crippen molar-refractivity contribution in [2.75, 3.05) is 25.0 Å². The van der Waals surface area contributed by atoms with Crippen molar-refractivity contribution in [3.8, 4) is 10.6 Å². The number of hydrogen-bond donors (Lipinski definition) is 1. The maximum Gasteiger partial charge on any atom is 0.254 e. The molecule has 1 saturated heterocycles. The molecule has 1 fully saturated rings. The van der Waals surface area contributed by atoms with Gasteiger partial charge in [-0.1, -0.05) is 6.08 Å². The zero-order valence-corrected chi connectivity index (χ0v) is 17.1. The maximum atomic E-state index is 15.4. The van der Waals surface area contributed by atoms with Crippen LogP contribution in [0.4, 0.5) is 10.2 Å². The number of nitrogens with zero attached hydrogens (tertiary/aromatic N) is 4. The Balaban J connectivity index is 1.76. The van der Waals surface area contributed by atoms with Crippen molar-refractivity contribution in [1.82, 2.24) is 20.2 Å². The van der Waals surface area contributed by atoms with E-state index in [1.54, 1.807) is 6.20 Å². The first-order valence-corrected chi connectivity index (χ1v) is 10.3. The van der Waals surface area contributed by atoms with Gasteiger partial charge in [-0.3, -0.25) is 4.79 Å². The van der Waals surface area contributed by atoms with Crippen LogP contribution in [0.3, 0.4) is 0 Å². The number of fused-ring (bicyclic) bond motifs is 1. The van der Waals surface area contributed by atoms with Crippen LogP contribution in [0.15, 0.2) is 18.5 Å². The number of halogens is 1. The number of piperidine rings is 1. The average molecular weight is 402 g/mol. The lowest BCUT2D eigenvalue weighted by molar-refractivity contribution is 0.0966. The number of carbonyl (C=O) groups excluding carboxylic acids is 1. The number of aromatic nitrogens is 2. The van der Waals surface area contributed by atoms with Gasteiger partial charge in [-0.05, 0) is 32.9 Å². The van der Waals surface area contributed by atoms with E-state index in [9.17, 15) is 4.79 Å². The number of hydrogen-bond acceptors (Lipinski definition) is 6. The van der Waals surface area contributed by atoms with E-state index in [0.717, 1.165) is 35.8 Å². The minimum absolute atomic E-state index is 0.158. The number of anilines is 1. The Labute approximate surface area is 168 Å². The van der Waals surface area contributed by atoms with E-state index in [-0.39, 0.29) is 18.5 Å². The maximum absolute atomic E-state index is 15.4. The smallest absolute Gasteiger partial charge is 0.254 e. The Morgan fingerprint density at radius 1 is 1.46 bits per heavy atom. The van der Waals surface area contributed by atoms with E-state index in [4.69, 9.17) is 0 Å². The highest BCUT2D eigenvalue weighted by Crippen LogP contribution is 2.36. The van der Waals surface area contributed by atoms with Crippen LogP contribution in [0, 0.1) is 12.7 Å². The number of thiazole rings is 1. The lowest BCUT2D eigenvalue weighted by atomic mass is 10.0. The number of nitrogens with one attached hydrogen (secondary N) is 1.